The van der Waals surface area contributed by atoms with Crippen molar-refractivity contribution in [3.63, 3.8) is 0 Å². The number of carbonyl (C=O) groups is 1. The van der Waals surface area contributed by atoms with E-state index in [9.17, 15) is 4.79 Å². The van der Waals surface area contributed by atoms with Crippen LogP contribution in [0.2, 0.25) is 0 Å². The quantitative estimate of drug-likeness (QED) is 0.539. The van der Waals surface area contributed by atoms with Crippen molar-refractivity contribution in [2.24, 2.45) is 0 Å². The van der Waals surface area contributed by atoms with Crippen molar-refractivity contribution >= 4 is 22.5 Å². The molecule has 7 nitrogen and oxygen atoms in total. The van der Waals surface area contributed by atoms with E-state index in [2.05, 4.69) is 38.8 Å². The second-order valence-corrected chi connectivity index (χ2v) is 8.00. The molecule has 31 heavy (non-hydrogen) atoms. The number of rotatable bonds is 5. The number of nitrogens with zero attached hydrogens (tertiary/aromatic N) is 4. The zero-order valence-corrected chi connectivity index (χ0v) is 17.9. The normalized spacial score (nSPS) is 12.9. The van der Waals surface area contributed by atoms with Crippen molar-refractivity contribution in [3.8, 4) is 16.9 Å². The van der Waals surface area contributed by atoms with E-state index in [1.807, 2.05) is 49.8 Å². The summed E-state index contributed by atoms with van der Waals surface area (Å²) in [4.78, 5) is 17.5. The fourth-order valence-electron chi connectivity index (χ4n) is 4.44. The molecular weight excluding hydrogens is 390 g/mol. The molecule has 0 unspecified atom stereocenters. The van der Waals surface area contributed by atoms with Crippen molar-refractivity contribution < 1.29 is 9.53 Å². The van der Waals surface area contributed by atoms with Gasteiger partial charge in [0.2, 0.25) is 0 Å². The number of anilines is 1. The highest BCUT2D eigenvalue weighted by molar-refractivity contribution is 6.06. The van der Waals surface area contributed by atoms with Gasteiger partial charge in [0.05, 0.1) is 24.5 Å². The van der Waals surface area contributed by atoms with Gasteiger partial charge in [0, 0.05) is 56.4 Å². The molecule has 0 saturated heterocycles. The Morgan fingerprint density at radius 2 is 2.10 bits per heavy atom. The molecule has 7 heteroatoms. The number of aromatic amines is 1. The molecular formula is C24H25N5O2. The maximum Gasteiger partial charge on any atom is 0.270 e. The van der Waals surface area contributed by atoms with Gasteiger partial charge in [0.15, 0.2) is 0 Å². The van der Waals surface area contributed by atoms with Crippen LogP contribution in [0.5, 0.6) is 5.75 Å². The van der Waals surface area contributed by atoms with Gasteiger partial charge in [-0.15, -0.1) is 0 Å². The maximum atomic E-state index is 13.4. The molecule has 0 radical (unpaired) electrons. The van der Waals surface area contributed by atoms with Gasteiger partial charge in [-0.2, -0.15) is 5.10 Å². The Hall–Kier alpha value is -3.74. The van der Waals surface area contributed by atoms with Crippen molar-refractivity contribution in [2.45, 2.75) is 13.1 Å². The first-order chi connectivity index (χ1) is 15.1. The molecule has 0 spiro atoms. The fourth-order valence-corrected chi connectivity index (χ4v) is 4.44. The molecule has 5 rings (SSSR count). The number of aromatic nitrogens is 3. The maximum absolute atomic E-state index is 13.4. The van der Waals surface area contributed by atoms with Gasteiger partial charge in [-0.3, -0.25) is 9.89 Å². The summed E-state index contributed by atoms with van der Waals surface area (Å²) in [5.41, 5.74) is 6.16. The number of methoxy groups -OCH3 is 1. The topological polar surface area (TPSA) is 66.4 Å². The van der Waals surface area contributed by atoms with Gasteiger partial charge in [-0.1, -0.05) is 24.3 Å². The number of benzene rings is 2. The van der Waals surface area contributed by atoms with Gasteiger partial charge < -0.3 is 19.1 Å². The molecule has 0 saturated carbocycles. The van der Waals surface area contributed by atoms with Crippen LogP contribution in [0, 0.1) is 0 Å². The lowest BCUT2D eigenvalue weighted by Crippen LogP contribution is -2.32. The SMILES string of the molecule is COc1cccc(CN(C)C(=O)c2cc3ccc(-c4cn[nH]c4)c4c3n2CCN4C)c1. The number of hydrogen-bond donors (Lipinski definition) is 1. The summed E-state index contributed by atoms with van der Waals surface area (Å²) in [7, 11) is 5.60. The third-order valence-electron chi connectivity index (χ3n) is 6.01. The molecule has 0 bridgehead atoms. The first kappa shape index (κ1) is 19.2. The molecule has 1 amide bonds. The number of amides is 1. The summed E-state index contributed by atoms with van der Waals surface area (Å²) < 4.78 is 7.48. The van der Waals surface area contributed by atoms with Crippen LogP contribution in [0.1, 0.15) is 16.1 Å². The number of likely N-dealkylation sites (N-methyl/N-ethyl adjacent to an activating group) is 1. The van der Waals surface area contributed by atoms with Crippen LogP contribution in [0.25, 0.3) is 22.0 Å². The lowest BCUT2D eigenvalue weighted by atomic mass is 10.0. The lowest BCUT2D eigenvalue weighted by molar-refractivity contribution is 0.0774. The predicted molar refractivity (Wildman–Crippen MR) is 122 cm³/mol. The van der Waals surface area contributed by atoms with Crippen LogP contribution < -0.4 is 9.64 Å². The van der Waals surface area contributed by atoms with E-state index >= 15 is 0 Å². The number of hydrogen-bond acceptors (Lipinski definition) is 4. The summed E-state index contributed by atoms with van der Waals surface area (Å²) in [6, 6.07) is 14.0. The molecule has 2 aromatic carbocycles. The Morgan fingerprint density at radius 1 is 1.23 bits per heavy atom. The highest BCUT2D eigenvalue weighted by Gasteiger charge is 2.27. The number of nitrogens with one attached hydrogen (secondary N) is 1. The van der Waals surface area contributed by atoms with Crippen molar-refractivity contribution in [2.75, 3.05) is 32.6 Å². The molecule has 4 aromatic rings. The van der Waals surface area contributed by atoms with Gasteiger partial charge in [0.25, 0.3) is 5.91 Å². The van der Waals surface area contributed by atoms with Gasteiger partial charge in [-0.25, -0.2) is 0 Å². The highest BCUT2D eigenvalue weighted by atomic mass is 16.5. The van der Waals surface area contributed by atoms with Crippen LogP contribution in [-0.4, -0.2) is 53.3 Å². The predicted octanol–water partition coefficient (Wildman–Crippen LogP) is 3.76. The van der Waals surface area contributed by atoms with Crippen LogP contribution in [-0.2, 0) is 13.1 Å². The Kier molecular flexibility index (Phi) is 4.66. The Labute approximate surface area is 180 Å². The molecule has 3 heterocycles. The molecule has 0 aliphatic carbocycles. The lowest BCUT2D eigenvalue weighted by Gasteiger charge is -2.30. The fraction of sp³-hybridized carbons (Fsp3) is 0.250. The molecule has 0 atom stereocenters. The smallest absolute Gasteiger partial charge is 0.270 e. The zero-order chi connectivity index (χ0) is 21.5. The highest BCUT2D eigenvalue weighted by Crippen LogP contribution is 2.40. The minimum atomic E-state index is 0.0133. The van der Waals surface area contributed by atoms with Gasteiger partial charge >= 0.3 is 0 Å². The Balaban J connectivity index is 1.54. The number of carbonyl (C=O) groups excluding carboxylic acids is 1. The average molecular weight is 415 g/mol. The second-order valence-electron chi connectivity index (χ2n) is 8.00. The van der Waals surface area contributed by atoms with Crippen molar-refractivity contribution in [1.82, 2.24) is 19.7 Å². The monoisotopic (exact) mass is 415 g/mol. The van der Waals surface area contributed by atoms with E-state index in [0.717, 1.165) is 57.8 Å². The minimum Gasteiger partial charge on any atom is -0.497 e. The first-order valence-corrected chi connectivity index (χ1v) is 10.3. The van der Waals surface area contributed by atoms with Crippen LogP contribution >= 0.6 is 0 Å². The summed E-state index contributed by atoms with van der Waals surface area (Å²) in [6.45, 7) is 2.13. The largest absolute Gasteiger partial charge is 0.497 e. The summed E-state index contributed by atoms with van der Waals surface area (Å²) in [5.74, 6) is 0.806. The minimum absolute atomic E-state index is 0.0133. The second kappa shape index (κ2) is 7.50. The number of H-pyrrole nitrogens is 1. The van der Waals surface area contributed by atoms with E-state index in [1.165, 1.54) is 0 Å². The van der Waals surface area contributed by atoms with E-state index in [1.54, 1.807) is 12.0 Å². The van der Waals surface area contributed by atoms with E-state index < -0.39 is 0 Å². The first-order valence-electron chi connectivity index (χ1n) is 10.3. The molecule has 1 N–H and O–H groups in total. The van der Waals surface area contributed by atoms with Crippen molar-refractivity contribution in [3.05, 3.63) is 66.1 Å². The standard InChI is InChI=1S/C24H25N5O2/c1-27-9-10-29-21(24(30)28(2)15-16-5-4-6-19(11-16)31-3)12-17-7-8-20(23(27)22(17)29)18-13-25-26-14-18/h4-8,11-14H,9-10,15H2,1-3H3,(H,25,26). The van der Waals surface area contributed by atoms with Crippen LogP contribution in [0.15, 0.2) is 54.9 Å². The van der Waals surface area contributed by atoms with Crippen molar-refractivity contribution in [1.29, 1.82) is 0 Å². The zero-order valence-electron chi connectivity index (χ0n) is 17.9. The van der Waals surface area contributed by atoms with Gasteiger partial charge in [-0.05, 0) is 23.8 Å². The van der Waals surface area contributed by atoms with Gasteiger partial charge in [0.1, 0.15) is 11.4 Å². The number of ether oxygens (including phenoxy) is 1. The average Bonchev–Trinajstić information content (AvgIpc) is 3.44. The summed E-state index contributed by atoms with van der Waals surface area (Å²) >= 11 is 0. The molecule has 0 fully saturated rings. The molecule has 1 aliphatic heterocycles. The van der Waals surface area contributed by atoms with E-state index in [4.69, 9.17) is 4.74 Å². The van der Waals surface area contributed by atoms with E-state index in [-0.39, 0.29) is 5.91 Å². The Bertz CT molecular complexity index is 1260. The molecule has 1 aliphatic rings. The molecule has 158 valence electrons. The summed E-state index contributed by atoms with van der Waals surface area (Å²) in [6.07, 6.45) is 3.74. The third kappa shape index (κ3) is 3.22. The Morgan fingerprint density at radius 3 is 2.87 bits per heavy atom. The molecule has 2 aromatic heterocycles. The summed E-state index contributed by atoms with van der Waals surface area (Å²) in [5, 5.41) is 8.08. The van der Waals surface area contributed by atoms with Crippen LogP contribution in [0.4, 0.5) is 5.69 Å². The third-order valence-corrected chi connectivity index (χ3v) is 6.01. The van der Waals surface area contributed by atoms with Crippen LogP contribution in [0.3, 0.4) is 0 Å². The van der Waals surface area contributed by atoms with E-state index in [0.29, 0.717) is 6.54 Å².